The van der Waals surface area contributed by atoms with Crippen molar-refractivity contribution in [1.29, 1.82) is 0 Å². The topological polar surface area (TPSA) is 69.6 Å². The summed E-state index contributed by atoms with van der Waals surface area (Å²) in [5.74, 6) is 0.0490. The highest BCUT2D eigenvalue weighted by molar-refractivity contribution is 5.76. The predicted octanol–water partition coefficient (Wildman–Crippen LogP) is 2.32. The van der Waals surface area contributed by atoms with Gasteiger partial charge in [0.15, 0.2) is 0 Å². The number of nitrogens with zero attached hydrogens (tertiary/aromatic N) is 1. The molecule has 114 valence electrons. The predicted molar refractivity (Wildman–Crippen MR) is 76.4 cm³/mol. The first-order valence-electron chi connectivity index (χ1n) is 7.75. The Morgan fingerprint density at radius 1 is 1.20 bits per heavy atom. The summed E-state index contributed by atoms with van der Waals surface area (Å²) >= 11 is 0. The molecule has 2 fully saturated rings. The zero-order chi connectivity index (χ0) is 14.7. The quantitative estimate of drug-likeness (QED) is 0.816. The standard InChI is InChI=1S/C15H26N2O3/c1-10-5-6-13(11(2)8-10)16-15(20)17-7-3-4-12(9-17)14(18)19/h10-13H,3-9H2,1-2H3,(H,16,20)(H,18,19)/t10?,11?,12-,13?/m0/s1. The number of hydrogen-bond acceptors (Lipinski definition) is 2. The highest BCUT2D eigenvalue weighted by Crippen LogP contribution is 2.29. The van der Waals surface area contributed by atoms with E-state index >= 15 is 0 Å². The second kappa shape index (κ2) is 6.46. The van der Waals surface area contributed by atoms with Crippen molar-refractivity contribution < 1.29 is 14.7 Å². The van der Waals surface area contributed by atoms with Crippen LogP contribution >= 0.6 is 0 Å². The molecular weight excluding hydrogens is 256 g/mol. The van der Waals surface area contributed by atoms with Crippen molar-refractivity contribution in [2.75, 3.05) is 13.1 Å². The summed E-state index contributed by atoms with van der Waals surface area (Å²) in [6.45, 7) is 5.47. The Morgan fingerprint density at radius 2 is 1.95 bits per heavy atom. The van der Waals surface area contributed by atoms with E-state index in [0.717, 1.165) is 31.6 Å². The number of amides is 2. The molecule has 5 heteroatoms. The van der Waals surface area contributed by atoms with Crippen LogP contribution < -0.4 is 5.32 Å². The lowest BCUT2D eigenvalue weighted by molar-refractivity contribution is -0.143. The van der Waals surface area contributed by atoms with Crippen LogP contribution in [0, 0.1) is 17.8 Å². The zero-order valence-corrected chi connectivity index (χ0v) is 12.5. The molecular formula is C15H26N2O3. The fourth-order valence-corrected chi connectivity index (χ4v) is 3.49. The Labute approximate surface area is 120 Å². The molecule has 5 nitrogen and oxygen atoms in total. The van der Waals surface area contributed by atoms with Gasteiger partial charge in [-0.25, -0.2) is 4.79 Å². The van der Waals surface area contributed by atoms with Gasteiger partial charge >= 0.3 is 12.0 Å². The molecule has 1 saturated carbocycles. The first-order valence-corrected chi connectivity index (χ1v) is 7.75. The van der Waals surface area contributed by atoms with Crippen LogP contribution in [0.2, 0.25) is 0 Å². The van der Waals surface area contributed by atoms with Gasteiger partial charge < -0.3 is 15.3 Å². The summed E-state index contributed by atoms with van der Waals surface area (Å²) in [5, 5.41) is 12.2. The second-order valence-corrected chi connectivity index (χ2v) is 6.57. The smallest absolute Gasteiger partial charge is 0.317 e. The minimum atomic E-state index is -0.789. The Morgan fingerprint density at radius 3 is 2.60 bits per heavy atom. The molecule has 0 radical (unpaired) electrons. The molecule has 2 rings (SSSR count). The third kappa shape index (κ3) is 3.64. The molecule has 1 aliphatic carbocycles. The first-order chi connectivity index (χ1) is 9.47. The van der Waals surface area contributed by atoms with Gasteiger partial charge in [0.05, 0.1) is 5.92 Å². The van der Waals surface area contributed by atoms with E-state index in [1.54, 1.807) is 4.90 Å². The van der Waals surface area contributed by atoms with E-state index in [4.69, 9.17) is 5.11 Å². The van der Waals surface area contributed by atoms with Crippen molar-refractivity contribution in [2.24, 2.45) is 17.8 Å². The molecule has 20 heavy (non-hydrogen) atoms. The Balaban J connectivity index is 1.86. The summed E-state index contributed by atoms with van der Waals surface area (Å²) in [4.78, 5) is 25.0. The summed E-state index contributed by atoms with van der Waals surface area (Å²) in [6, 6.07) is 0.159. The Hall–Kier alpha value is -1.26. The number of carboxylic acids is 1. The highest BCUT2D eigenvalue weighted by Gasteiger charge is 2.31. The van der Waals surface area contributed by atoms with Gasteiger partial charge in [-0.3, -0.25) is 4.79 Å². The number of carbonyl (C=O) groups is 2. The van der Waals surface area contributed by atoms with Crippen LogP contribution in [0.25, 0.3) is 0 Å². The number of carboxylic acid groups (broad SMARTS) is 1. The number of urea groups is 1. The highest BCUT2D eigenvalue weighted by atomic mass is 16.4. The molecule has 0 spiro atoms. The van der Waals surface area contributed by atoms with Crippen LogP contribution in [-0.4, -0.2) is 41.1 Å². The lowest BCUT2D eigenvalue weighted by Crippen LogP contribution is -2.52. The number of piperidine rings is 1. The van der Waals surface area contributed by atoms with Crippen LogP contribution in [0.15, 0.2) is 0 Å². The third-order valence-electron chi connectivity index (χ3n) is 4.80. The van der Waals surface area contributed by atoms with E-state index in [-0.39, 0.29) is 12.1 Å². The molecule has 2 amide bonds. The van der Waals surface area contributed by atoms with Gasteiger partial charge in [0, 0.05) is 19.1 Å². The Bertz CT molecular complexity index is 372. The molecule has 3 unspecified atom stereocenters. The van der Waals surface area contributed by atoms with E-state index in [2.05, 4.69) is 19.2 Å². The van der Waals surface area contributed by atoms with Gasteiger partial charge in [0.25, 0.3) is 0 Å². The van der Waals surface area contributed by atoms with Crippen LogP contribution in [0.5, 0.6) is 0 Å². The van der Waals surface area contributed by atoms with Gasteiger partial charge in [-0.1, -0.05) is 13.8 Å². The molecule has 0 aromatic carbocycles. The fourth-order valence-electron chi connectivity index (χ4n) is 3.49. The SMILES string of the molecule is CC1CCC(NC(=O)N2CCC[C@H](C(=O)O)C2)C(C)C1. The summed E-state index contributed by atoms with van der Waals surface area (Å²) in [7, 11) is 0. The van der Waals surface area contributed by atoms with Crippen molar-refractivity contribution in [3.8, 4) is 0 Å². The third-order valence-corrected chi connectivity index (χ3v) is 4.80. The van der Waals surface area contributed by atoms with Gasteiger partial charge in [0.1, 0.15) is 0 Å². The average Bonchev–Trinajstić information content (AvgIpc) is 2.42. The van der Waals surface area contributed by atoms with Gasteiger partial charge in [-0.05, 0) is 43.9 Å². The number of rotatable bonds is 2. The monoisotopic (exact) mass is 282 g/mol. The van der Waals surface area contributed by atoms with Gasteiger partial charge in [0.2, 0.25) is 0 Å². The summed E-state index contributed by atoms with van der Waals surface area (Å²) in [5.41, 5.74) is 0. The molecule has 4 atom stereocenters. The van der Waals surface area contributed by atoms with Gasteiger partial charge in [-0.15, -0.1) is 0 Å². The maximum absolute atomic E-state index is 12.3. The van der Waals surface area contributed by atoms with Crippen LogP contribution in [-0.2, 0) is 4.79 Å². The first kappa shape index (κ1) is 15.1. The van der Waals surface area contributed by atoms with Gasteiger partial charge in [-0.2, -0.15) is 0 Å². The number of carbonyl (C=O) groups excluding carboxylic acids is 1. The van der Waals surface area contributed by atoms with E-state index in [1.807, 2.05) is 0 Å². The number of nitrogens with one attached hydrogen (secondary N) is 1. The summed E-state index contributed by atoms with van der Waals surface area (Å²) < 4.78 is 0. The summed E-state index contributed by atoms with van der Waals surface area (Å²) in [6.07, 6.45) is 4.80. The molecule has 1 heterocycles. The molecule has 2 aliphatic rings. The van der Waals surface area contributed by atoms with Crippen molar-refractivity contribution in [3.63, 3.8) is 0 Å². The van der Waals surface area contributed by atoms with E-state index in [9.17, 15) is 9.59 Å². The van der Waals surface area contributed by atoms with Crippen LogP contribution in [0.4, 0.5) is 4.79 Å². The molecule has 0 aromatic rings. The molecule has 0 aromatic heterocycles. The lowest BCUT2D eigenvalue weighted by atomic mass is 9.80. The largest absolute Gasteiger partial charge is 0.481 e. The van der Waals surface area contributed by atoms with Crippen molar-refractivity contribution in [3.05, 3.63) is 0 Å². The number of hydrogen-bond donors (Lipinski definition) is 2. The van der Waals surface area contributed by atoms with E-state index < -0.39 is 11.9 Å². The van der Waals surface area contributed by atoms with Crippen LogP contribution in [0.3, 0.4) is 0 Å². The maximum Gasteiger partial charge on any atom is 0.317 e. The number of likely N-dealkylation sites (tertiary alicyclic amines) is 1. The van der Waals surface area contributed by atoms with Crippen molar-refractivity contribution in [2.45, 2.75) is 52.0 Å². The molecule has 0 bridgehead atoms. The lowest BCUT2D eigenvalue weighted by Gasteiger charge is -2.36. The normalized spacial score (nSPS) is 34.6. The fraction of sp³-hybridized carbons (Fsp3) is 0.867. The second-order valence-electron chi connectivity index (χ2n) is 6.57. The number of aliphatic carboxylic acids is 1. The minimum absolute atomic E-state index is 0.0812. The zero-order valence-electron chi connectivity index (χ0n) is 12.5. The average molecular weight is 282 g/mol. The van der Waals surface area contributed by atoms with E-state index in [1.165, 1.54) is 0 Å². The molecule has 1 aliphatic heterocycles. The van der Waals surface area contributed by atoms with Crippen LogP contribution in [0.1, 0.15) is 46.0 Å². The van der Waals surface area contributed by atoms with E-state index in [0.29, 0.717) is 25.4 Å². The Kier molecular flexibility index (Phi) is 4.89. The van der Waals surface area contributed by atoms with Crippen molar-refractivity contribution >= 4 is 12.0 Å². The van der Waals surface area contributed by atoms with Crippen molar-refractivity contribution in [1.82, 2.24) is 10.2 Å². The molecule has 2 N–H and O–H groups in total. The minimum Gasteiger partial charge on any atom is -0.481 e. The maximum atomic E-state index is 12.3. The molecule has 1 saturated heterocycles.